The van der Waals surface area contributed by atoms with Crippen molar-refractivity contribution in [1.82, 2.24) is 0 Å². The van der Waals surface area contributed by atoms with Crippen molar-refractivity contribution in [3.63, 3.8) is 0 Å². The molecular weight excluding hydrogens is 349 g/mol. The Morgan fingerprint density at radius 1 is 1.05 bits per heavy atom. The molecule has 0 aromatic heterocycles. The van der Waals surface area contributed by atoms with Crippen LogP contribution < -0.4 is 16.8 Å². The molecular formula is C14H18Cl3N3O2. The third kappa shape index (κ3) is 4.87. The number of halogens is 3. The molecule has 6 N–H and O–H groups in total. The zero-order valence-electron chi connectivity index (χ0n) is 11.7. The summed E-state index contributed by atoms with van der Waals surface area (Å²) in [6, 6.07) is 10.3. The first-order chi connectivity index (χ1) is 8.99. The zero-order chi connectivity index (χ0) is 14.0. The molecule has 0 fully saturated rings. The number of nitrogens with two attached hydrogens (primary N) is 2. The minimum Gasteiger partial charge on any atom is -0.478 e. The van der Waals surface area contributed by atoms with Gasteiger partial charge in [-0.2, -0.15) is 0 Å². The number of aryl methyl sites for hydroxylation is 1. The van der Waals surface area contributed by atoms with Crippen molar-refractivity contribution in [2.75, 3.05) is 16.8 Å². The number of nitrogen functional groups attached to an aromatic ring is 2. The molecule has 0 saturated heterocycles. The summed E-state index contributed by atoms with van der Waals surface area (Å²) in [6.45, 7) is 1.75. The molecule has 0 atom stereocenters. The van der Waals surface area contributed by atoms with Crippen LogP contribution in [0.4, 0.5) is 22.7 Å². The van der Waals surface area contributed by atoms with Gasteiger partial charge in [-0.25, -0.2) is 4.79 Å². The van der Waals surface area contributed by atoms with Gasteiger partial charge in [0.05, 0.1) is 22.6 Å². The largest absolute Gasteiger partial charge is 0.478 e. The van der Waals surface area contributed by atoms with E-state index < -0.39 is 5.97 Å². The maximum atomic E-state index is 11.3. The molecule has 0 aliphatic carbocycles. The van der Waals surface area contributed by atoms with Crippen molar-refractivity contribution in [2.45, 2.75) is 6.92 Å². The Balaban J connectivity index is 0. The van der Waals surface area contributed by atoms with Gasteiger partial charge in [-0.15, -0.1) is 37.2 Å². The number of carbonyl (C=O) groups is 1. The number of hydrogen-bond donors (Lipinski definition) is 4. The van der Waals surface area contributed by atoms with Crippen LogP contribution in [0.1, 0.15) is 15.9 Å². The summed E-state index contributed by atoms with van der Waals surface area (Å²) in [6.07, 6.45) is 0. The van der Waals surface area contributed by atoms with E-state index in [4.69, 9.17) is 11.5 Å². The fourth-order valence-electron chi connectivity index (χ4n) is 1.90. The Morgan fingerprint density at radius 2 is 1.68 bits per heavy atom. The summed E-state index contributed by atoms with van der Waals surface area (Å²) >= 11 is 0. The predicted octanol–water partition coefficient (Wildman–Crippen LogP) is 3.87. The molecule has 0 spiro atoms. The molecule has 2 aromatic rings. The minimum absolute atomic E-state index is 0. The maximum absolute atomic E-state index is 11.3. The van der Waals surface area contributed by atoms with Crippen LogP contribution in [-0.2, 0) is 0 Å². The van der Waals surface area contributed by atoms with Crippen LogP contribution in [-0.4, -0.2) is 11.1 Å². The first kappa shape index (κ1) is 22.5. The van der Waals surface area contributed by atoms with Gasteiger partial charge in [-0.3, -0.25) is 0 Å². The number of benzene rings is 2. The smallest absolute Gasteiger partial charge is 0.338 e. The van der Waals surface area contributed by atoms with Gasteiger partial charge in [0.15, 0.2) is 0 Å². The van der Waals surface area contributed by atoms with E-state index in [0.717, 1.165) is 0 Å². The molecule has 5 nitrogen and oxygen atoms in total. The number of carboxylic acid groups (broad SMARTS) is 1. The molecule has 2 aromatic carbocycles. The highest BCUT2D eigenvalue weighted by molar-refractivity contribution is 5.97. The van der Waals surface area contributed by atoms with E-state index in [1.807, 2.05) is 0 Å². The Hall–Kier alpha value is -1.82. The Kier molecular flexibility index (Phi) is 9.44. The van der Waals surface area contributed by atoms with Gasteiger partial charge >= 0.3 is 5.97 Å². The first-order valence-corrected chi connectivity index (χ1v) is 5.74. The summed E-state index contributed by atoms with van der Waals surface area (Å²) in [7, 11) is 0. The molecule has 0 aliphatic rings. The van der Waals surface area contributed by atoms with Crippen LogP contribution in [0.2, 0.25) is 0 Å². The van der Waals surface area contributed by atoms with Gasteiger partial charge < -0.3 is 21.9 Å². The van der Waals surface area contributed by atoms with Crippen molar-refractivity contribution in [3.05, 3.63) is 47.5 Å². The monoisotopic (exact) mass is 365 g/mol. The lowest BCUT2D eigenvalue weighted by molar-refractivity contribution is 0.0697. The molecule has 8 heteroatoms. The SMILES string of the molecule is Cc1cccc(Nc2ccc(N)cc2N)c1C(=O)O.Cl.Cl.Cl. The second-order valence-electron chi connectivity index (χ2n) is 4.27. The lowest BCUT2D eigenvalue weighted by Gasteiger charge is -2.13. The number of rotatable bonds is 3. The number of anilines is 4. The number of hydrogen-bond acceptors (Lipinski definition) is 4. The van der Waals surface area contributed by atoms with Gasteiger partial charge in [0.1, 0.15) is 0 Å². The molecule has 0 amide bonds. The van der Waals surface area contributed by atoms with Crippen LogP contribution >= 0.6 is 37.2 Å². The van der Waals surface area contributed by atoms with Crippen molar-refractivity contribution in [3.8, 4) is 0 Å². The van der Waals surface area contributed by atoms with Crippen LogP contribution in [0.3, 0.4) is 0 Å². The molecule has 122 valence electrons. The van der Waals surface area contributed by atoms with E-state index in [9.17, 15) is 9.90 Å². The number of nitrogens with one attached hydrogen (secondary N) is 1. The second-order valence-corrected chi connectivity index (χ2v) is 4.27. The second kappa shape index (κ2) is 9.25. The first-order valence-electron chi connectivity index (χ1n) is 5.74. The van der Waals surface area contributed by atoms with Gasteiger partial charge in [0.2, 0.25) is 0 Å². The summed E-state index contributed by atoms with van der Waals surface area (Å²) < 4.78 is 0. The third-order valence-corrected chi connectivity index (χ3v) is 2.83. The molecule has 2 rings (SSSR count). The summed E-state index contributed by atoms with van der Waals surface area (Å²) in [5.41, 5.74) is 14.5. The van der Waals surface area contributed by atoms with Crippen LogP contribution in [0.5, 0.6) is 0 Å². The molecule has 22 heavy (non-hydrogen) atoms. The van der Waals surface area contributed by atoms with Crippen LogP contribution in [0.25, 0.3) is 0 Å². The topological polar surface area (TPSA) is 101 Å². The molecule has 0 aliphatic heterocycles. The van der Waals surface area contributed by atoms with Crippen LogP contribution in [0.15, 0.2) is 36.4 Å². The molecule has 0 saturated carbocycles. The zero-order valence-corrected chi connectivity index (χ0v) is 14.1. The van der Waals surface area contributed by atoms with Gasteiger partial charge in [-0.05, 0) is 36.8 Å². The average Bonchev–Trinajstić information content (AvgIpc) is 2.32. The third-order valence-electron chi connectivity index (χ3n) is 2.83. The summed E-state index contributed by atoms with van der Waals surface area (Å²) in [4.78, 5) is 11.3. The molecule has 0 radical (unpaired) electrons. The van der Waals surface area contributed by atoms with Gasteiger partial charge in [0.25, 0.3) is 0 Å². The Morgan fingerprint density at radius 3 is 2.23 bits per heavy atom. The molecule has 0 unspecified atom stereocenters. The highest BCUT2D eigenvalue weighted by Gasteiger charge is 2.13. The highest BCUT2D eigenvalue weighted by atomic mass is 35.5. The van der Waals surface area contributed by atoms with E-state index in [1.54, 1.807) is 43.3 Å². The number of aromatic carboxylic acids is 1. The molecule has 0 bridgehead atoms. The highest BCUT2D eigenvalue weighted by Crippen LogP contribution is 2.28. The van der Waals surface area contributed by atoms with E-state index in [2.05, 4.69) is 5.32 Å². The number of carboxylic acids is 1. The standard InChI is InChI=1S/C14H15N3O2.3ClH/c1-8-3-2-4-12(13(8)14(18)19)17-11-6-5-9(15)7-10(11)16;;;/h2-7,17H,15-16H2,1H3,(H,18,19);3*1H. The van der Waals surface area contributed by atoms with E-state index >= 15 is 0 Å². The lowest BCUT2D eigenvalue weighted by atomic mass is 10.1. The Bertz CT molecular complexity index is 651. The van der Waals surface area contributed by atoms with E-state index in [1.165, 1.54) is 0 Å². The van der Waals surface area contributed by atoms with Crippen molar-refractivity contribution in [1.29, 1.82) is 0 Å². The van der Waals surface area contributed by atoms with Gasteiger partial charge in [0, 0.05) is 5.69 Å². The van der Waals surface area contributed by atoms with Crippen molar-refractivity contribution >= 4 is 65.9 Å². The van der Waals surface area contributed by atoms with Crippen molar-refractivity contribution in [2.24, 2.45) is 0 Å². The van der Waals surface area contributed by atoms with E-state index in [-0.39, 0.29) is 42.8 Å². The Labute approximate surface area is 147 Å². The average molecular weight is 367 g/mol. The minimum atomic E-state index is -0.977. The van der Waals surface area contributed by atoms with Crippen LogP contribution in [0, 0.1) is 6.92 Å². The molecule has 0 heterocycles. The fraction of sp³-hybridized carbons (Fsp3) is 0.0714. The lowest BCUT2D eigenvalue weighted by Crippen LogP contribution is -2.06. The maximum Gasteiger partial charge on any atom is 0.338 e. The fourth-order valence-corrected chi connectivity index (χ4v) is 1.90. The quantitative estimate of drug-likeness (QED) is 0.618. The predicted molar refractivity (Wildman–Crippen MR) is 98.4 cm³/mol. The normalized spacial score (nSPS) is 8.77. The van der Waals surface area contributed by atoms with Gasteiger partial charge in [-0.1, -0.05) is 12.1 Å². The van der Waals surface area contributed by atoms with E-state index in [0.29, 0.717) is 28.3 Å². The summed E-state index contributed by atoms with van der Waals surface area (Å²) in [5.74, 6) is -0.977. The summed E-state index contributed by atoms with van der Waals surface area (Å²) in [5, 5.41) is 12.3. The van der Waals surface area contributed by atoms with Crippen molar-refractivity contribution < 1.29 is 9.90 Å².